The Labute approximate surface area is 145 Å². The summed E-state index contributed by atoms with van der Waals surface area (Å²) in [5.74, 6) is -1.64. The number of carbonyl (C=O) groups is 2. The average Bonchev–Trinajstić information content (AvgIpc) is 3.14. The number of amides is 1. The zero-order valence-corrected chi connectivity index (χ0v) is 14.0. The Morgan fingerprint density at radius 2 is 2.28 bits per heavy atom. The predicted molar refractivity (Wildman–Crippen MR) is 90.7 cm³/mol. The molecule has 0 spiro atoms. The zero-order chi connectivity index (χ0) is 17.8. The Morgan fingerprint density at radius 1 is 1.44 bits per heavy atom. The molecule has 1 aliphatic heterocycles. The van der Waals surface area contributed by atoms with E-state index in [1.54, 1.807) is 29.1 Å². The van der Waals surface area contributed by atoms with Gasteiger partial charge in [-0.1, -0.05) is 0 Å². The number of hydrogen-bond acceptors (Lipinski definition) is 4. The highest BCUT2D eigenvalue weighted by molar-refractivity contribution is 5.97. The summed E-state index contributed by atoms with van der Waals surface area (Å²) < 4.78 is 7.07. The van der Waals surface area contributed by atoms with Gasteiger partial charge in [0.05, 0.1) is 12.3 Å². The third-order valence-electron chi connectivity index (χ3n) is 4.43. The highest BCUT2D eigenvalue weighted by Gasteiger charge is 2.31. The minimum Gasteiger partial charge on any atom is -0.480 e. The molecule has 7 nitrogen and oxygen atoms in total. The third-order valence-corrected chi connectivity index (χ3v) is 4.43. The molecule has 0 radical (unpaired) electrons. The molecule has 132 valence electrons. The summed E-state index contributed by atoms with van der Waals surface area (Å²) in [4.78, 5) is 24.1. The maximum Gasteiger partial charge on any atom is 0.326 e. The molecule has 1 aromatic carbocycles. The second-order valence-corrected chi connectivity index (χ2v) is 6.22. The van der Waals surface area contributed by atoms with Gasteiger partial charge in [-0.15, -0.1) is 0 Å². The van der Waals surface area contributed by atoms with Crippen molar-refractivity contribution in [2.24, 2.45) is 5.92 Å². The van der Waals surface area contributed by atoms with Crippen molar-refractivity contribution in [2.45, 2.75) is 25.8 Å². The number of nitrogens with one attached hydrogen (secondary N) is 1. The van der Waals surface area contributed by atoms with Gasteiger partial charge in [0.15, 0.2) is 0 Å². The molecular formula is C18H21N3O4. The molecule has 2 N–H and O–H groups in total. The second-order valence-electron chi connectivity index (χ2n) is 6.22. The third kappa shape index (κ3) is 3.88. The van der Waals surface area contributed by atoms with Gasteiger partial charge >= 0.3 is 5.97 Å². The first-order chi connectivity index (χ1) is 12.1. The summed E-state index contributed by atoms with van der Waals surface area (Å²) in [6.07, 6.45) is 5.05. The lowest BCUT2D eigenvalue weighted by Crippen LogP contribution is -2.48. The fraction of sp³-hybridized carbons (Fsp3) is 0.389. The molecule has 1 fully saturated rings. The Bertz CT molecular complexity index is 752. The minimum atomic E-state index is -1.03. The number of carbonyl (C=O) groups excluding carboxylic acids is 1. The van der Waals surface area contributed by atoms with Crippen molar-refractivity contribution in [3.8, 4) is 5.69 Å². The number of ether oxygens (including phenoxy) is 1. The smallest absolute Gasteiger partial charge is 0.326 e. The molecule has 1 aliphatic rings. The van der Waals surface area contributed by atoms with Gasteiger partial charge < -0.3 is 15.2 Å². The van der Waals surface area contributed by atoms with E-state index in [9.17, 15) is 14.7 Å². The topological polar surface area (TPSA) is 93.5 Å². The lowest BCUT2D eigenvalue weighted by atomic mass is 9.93. The maximum absolute atomic E-state index is 12.5. The fourth-order valence-corrected chi connectivity index (χ4v) is 3.10. The maximum atomic E-state index is 12.5. The minimum absolute atomic E-state index is 0.209. The number of rotatable bonds is 5. The van der Waals surface area contributed by atoms with Gasteiger partial charge in [-0.3, -0.25) is 4.79 Å². The number of benzene rings is 1. The Hall–Kier alpha value is -2.67. The van der Waals surface area contributed by atoms with Crippen LogP contribution in [0.15, 0.2) is 36.7 Å². The first-order valence-electron chi connectivity index (χ1n) is 8.28. The number of hydrogen-bond donors (Lipinski definition) is 2. The van der Waals surface area contributed by atoms with Crippen LogP contribution in [0.5, 0.6) is 0 Å². The van der Waals surface area contributed by atoms with E-state index in [-0.39, 0.29) is 5.92 Å². The first kappa shape index (κ1) is 17.2. The van der Waals surface area contributed by atoms with Crippen molar-refractivity contribution in [2.75, 3.05) is 13.2 Å². The quantitative estimate of drug-likeness (QED) is 0.863. The van der Waals surface area contributed by atoms with Gasteiger partial charge in [0.25, 0.3) is 5.91 Å². The zero-order valence-electron chi connectivity index (χ0n) is 14.0. The highest BCUT2D eigenvalue weighted by atomic mass is 16.5. The number of carboxylic acid groups (broad SMARTS) is 1. The number of carboxylic acids is 1. The van der Waals surface area contributed by atoms with Crippen LogP contribution in [0.3, 0.4) is 0 Å². The van der Waals surface area contributed by atoms with Gasteiger partial charge in [-0.25, -0.2) is 9.48 Å². The lowest BCUT2D eigenvalue weighted by molar-refractivity contribution is -0.142. The molecule has 2 aromatic rings. The number of aryl methyl sites for hydroxylation is 1. The number of aliphatic carboxylic acids is 1. The van der Waals surface area contributed by atoms with Crippen molar-refractivity contribution in [1.82, 2.24) is 15.1 Å². The molecule has 2 atom stereocenters. The van der Waals surface area contributed by atoms with Crippen molar-refractivity contribution < 1.29 is 19.4 Å². The number of aromatic nitrogens is 2. The van der Waals surface area contributed by atoms with Gasteiger partial charge in [0.1, 0.15) is 6.04 Å². The molecule has 0 bridgehead atoms. The molecule has 3 rings (SSSR count). The monoisotopic (exact) mass is 343 g/mol. The van der Waals surface area contributed by atoms with Crippen LogP contribution in [0.4, 0.5) is 0 Å². The normalized spacial score (nSPS) is 18.5. The van der Waals surface area contributed by atoms with Crippen molar-refractivity contribution in [1.29, 1.82) is 0 Å². The Morgan fingerprint density at radius 3 is 2.88 bits per heavy atom. The van der Waals surface area contributed by atoms with E-state index in [1.165, 1.54) is 0 Å². The van der Waals surface area contributed by atoms with E-state index in [4.69, 9.17) is 4.74 Å². The van der Waals surface area contributed by atoms with Gasteiger partial charge in [-0.05, 0) is 49.6 Å². The van der Waals surface area contributed by atoms with E-state index >= 15 is 0 Å². The average molecular weight is 343 g/mol. The van der Waals surface area contributed by atoms with Crippen molar-refractivity contribution in [3.05, 3.63) is 47.8 Å². The van der Waals surface area contributed by atoms with Crippen LogP contribution in [0, 0.1) is 12.8 Å². The summed E-state index contributed by atoms with van der Waals surface area (Å²) in [5.41, 5.74) is 2.18. The highest BCUT2D eigenvalue weighted by Crippen LogP contribution is 2.19. The second kappa shape index (κ2) is 7.48. The van der Waals surface area contributed by atoms with E-state index in [0.717, 1.165) is 24.1 Å². The molecule has 7 heteroatoms. The van der Waals surface area contributed by atoms with E-state index < -0.39 is 17.9 Å². The van der Waals surface area contributed by atoms with Crippen LogP contribution in [0.1, 0.15) is 28.8 Å². The predicted octanol–water partition coefficient (Wildman–Crippen LogP) is 1.79. The van der Waals surface area contributed by atoms with Crippen LogP contribution in [0.25, 0.3) is 5.69 Å². The van der Waals surface area contributed by atoms with Gasteiger partial charge in [0.2, 0.25) is 0 Å². The standard InChI is InChI=1S/C18H21N3O4/c1-12-10-13(5-6-15(12)21-8-3-7-19-21)17(22)20-16(18(23)24)14-4-2-9-25-11-14/h3,5-8,10,14,16H,2,4,9,11H2,1H3,(H,20,22)(H,23,24). The van der Waals surface area contributed by atoms with Crippen LogP contribution in [-0.2, 0) is 9.53 Å². The molecule has 1 aromatic heterocycles. The van der Waals surface area contributed by atoms with Crippen LogP contribution in [-0.4, -0.2) is 46.0 Å². The Balaban J connectivity index is 1.75. The summed E-state index contributed by atoms with van der Waals surface area (Å²) in [5, 5.41) is 16.3. The van der Waals surface area contributed by atoms with Gasteiger partial charge in [-0.2, -0.15) is 5.10 Å². The van der Waals surface area contributed by atoms with E-state index in [2.05, 4.69) is 10.4 Å². The van der Waals surface area contributed by atoms with Crippen molar-refractivity contribution >= 4 is 11.9 Å². The molecule has 0 aliphatic carbocycles. The van der Waals surface area contributed by atoms with Crippen LogP contribution >= 0.6 is 0 Å². The molecular weight excluding hydrogens is 322 g/mol. The summed E-state index contributed by atoms with van der Waals surface area (Å²) >= 11 is 0. The summed E-state index contributed by atoms with van der Waals surface area (Å²) in [6, 6.07) is 6.09. The first-order valence-corrected chi connectivity index (χ1v) is 8.28. The van der Waals surface area contributed by atoms with E-state index in [0.29, 0.717) is 18.8 Å². The summed E-state index contributed by atoms with van der Waals surface area (Å²) in [6.45, 7) is 2.89. The van der Waals surface area contributed by atoms with E-state index in [1.807, 2.05) is 19.2 Å². The number of nitrogens with zero attached hydrogens (tertiary/aromatic N) is 2. The SMILES string of the molecule is Cc1cc(C(=O)NC(C(=O)O)C2CCCOC2)ccc1-n1cccn1. The molecule has 2 heterocycles. The summed E-state index contributed by atoms with van der Waals surface area (Å²) in [7, 11) is 0. The fourth-order valence-electron chi connectivity index (χ4n) is 3.10. The van der Waals surface area contributed by atoms with Crippen molar-refractivity contribution in [3.63, 3.8) is 0 Å². The largest absolute Gasteiger partial charge is 0.480 e. The molecule has 1 amide bonds. The van der Waals surface area contributed by atoms with Crippen LogP contribution < -0.4 is 5.32 Å². The molecule has 1 saturated heterocycles. The molecule has 2 unspecified atom stereocenters. The van der Waals surface area contributed by atoms with Gasteiger partial charge in [0, 0.05) is 30.5 Å². The lowest BCUT2D eigenvalue weighted by Gasteiger charge is -2.28. The molecule has 0 saturated carbocycles. The van der Waals surface area contributed by atoms with Crippen LogP contribution in [0.2, 0.25) is 0 Å². The molecule has 25 heavy (non-hydrogen) atoms. The Kier molecular flexibility index (Phi) is 5.14.